The first-order valence-corrected chi connectivity index (χ1v) is 7.45. The summed E-state index contributed by atoms with van der Waals surface area (Å²) in [6.45, 7) is 1.72. The Balaban J connectivity index is 1.66. The molecule has 2 N–H and O–H groups in total. The normalized spacial score (nSPS) is 10.8. The second kappa shape index (κ2) is 6.04. The lowest BCUT2D eigenvalue weighted by atomic mass is 10.2. The Morgan fingerprint density at radius 2 is 1.92 bits per heavy atom. The van der Waals surface area contributed by atoms with Crippen LogP contribution < -0.4 is 5.32 Å². The first-order chi connectivity index (χ1) is 12.2. The number of pyridine rings is 2. The SMILES string of the molecule is Cc1nc(NC(=O)c2n[nH]c3ncccc23)nc(-c2ccccn2)n1. The van der Waals surface area contributed by atoms with Crippen LogP contribution >= 0.6 is 0 Å². The largest absolute Gasteiger partial charge is 0.289 e. The molecule has 122 valence electrons. The summed E-state index contributed by atoms with van der Waals surface area (Å²) in [6.07, 6.45) is 3.27. The number of H-pyrrole nitrogens is 1. The molecule has 4 rings (SSSR count). The highest BCUT2D eigenvalue weighted by atomic mass is 16.2. The molecule has 9 nitrogen and oxygen atoms in total. The quantitative estimate of drug-likeness (QED) is 0.586. The lowest BCUT2D eigenvalue weighted by molar-refractivity contribution is 0.102. The summed E-state index contributed by atoms with van der Waals surface area (Å²) in [6, 6.07) is 8.92. The first-order valence-electron chi connectivity index (χ1n) is 7.45. The zero-order chi connectivity index (χ0) is 17.2. The third-order valence-electron chi connectivity index (χ3n) is 3.42. The fourth-order valence-corrected chi connectivity index (χ4v) is 2.34. The van der Waals surface area contributed by atoms with E-state index in [0.717, 1.165) is 0 Å². The third-order valence-corrected chi connectivity index (χ3v) is 3.42. The minimum atomic E-state index is -0.433. The van der Waals surface area contributed by atoms with Crippen molar-refractivity contribution in [2.24, 2.45) is 0 Å². The van der Waals surface area contributed by atoms with Gasteiger partial charge < -0.3 is 0 Å². The fourth-order valence-electron chi connectivity index (χ4n) is 2.34. The molecule has 0 atom stereocenters. The van der Waals surface area contributed by atoms with Crippen LogP contribution in [0.25, 0.3) is 22.6 Å². The highest BCUT2D eigenvalue weighted by molar-refractivity contribution is 6.09. The van der Waals surface area contributed by atoms with Crippen molar-refractivity contribution >= 4 is 22.9 Å². The number of anilines is 1. The van der Waals surface area contributed by atoms with Crippen molar-refractivity contribution in [3.8, 4) is 11.5 Å². The molecule has 0 bridgehead atoms. The average Bonchev–Trinajstić information content (AvgIpc) is 3.06. The van der Waals surface area contributed by atoms with Gasteiger partial charge in [0.15, 0.2) is 17.2 Å². The molecule has 0 aliphatic carbocycles. The molecule has 4 aromatic heterocycles. The van der Waals surface area contributed by atoms with Crippen molar-refractivity contribution in [1.82, 2.24) is 35.1 Å². The van der Waals surface area contributed by atoms with Gasteiger partial charge >= 0.3 is 0 Å². The van der Waals surface area contributed by atoms with Crippen LogP contribution in [0, 0.1) is 6.92 Å². The molecular formula is C16H12N8O. The summed E-state index contributed by atoms with van der Waals surface area (Å²) in [5, 5.41) is 10.00. The lowest BCUT2D eigenvalue weighted by Crippen LogP contribution is -2.16. The van der Waals surface area contributed by atoms with Gasteiger partial charge in [0.05, 0.1) is 5.39 Å². The molecule has 0 spiro atoms. The number of amides is 1. The Kier molecular flexibility index (Phi) is 3.58. The number of nitrogens with zero attached hydrogens (tertiary/aromatic N) is 6. The number of aromatic nitrogens is 7. The van der Waals surface area contributed by atoms with Gasteiger partial charge in [-0.2, -0.15) is 15.1 Å². The smallest absolute Gasteiger partial charge is 0.279 e. The van der Waals surface area contributed by atoms with Gasteiger partial charge in [0.25, 0.3) is 5.91 Å². The van der Waals surface area contributed by atoms with Gasteiger partial charge in [0.2, 0.25) is 5.95 Å². The van der Waals surface area contributed by atoms with Crippen molar-refractivity contribution in [2.75, 3.05) is 5.32 Å². The zero-order valence-corrected chi connectivity index (χ0v) is 13.1. The van der Waals surface area contributed by atoms with Gasteiger partial charge in [-0.3, -0.25) is 20.2 Å². The minimum absolute atomic E-state index is 0.137. The van der Waals surface area contributed by atoms with Gasteiger partial charge in [-0.25, -0.2) is 9.97 Å². The molecule has 0 saturated carbocycles. The van der Waals surface area contributed by atoms with Crippen LogP contribution in [-0.4, -0.2) is 41.0 Å². The van der Waals surface area contributed by atoms with E-state index in [1.807, 2.05) is 6.07 Å². The summed E-state index contributed by atoms with van der Waals surface area (Å²) in [4.78, 5) is 33.5. The van der Waals surface area contributed by atoms with Crippen LogP contribution in [0.2, 0.25) is 0 Å². The van der Waals surface area contributed by atoms with Crippen molar-refractivity contribution in [1.29, 1.82) is 0 Å². The number of aromatic amines is 1. The summed E-state index contributed by atoms with van der Waals surface area (Å²) in [5.74, 6) is 0.562. The van der Waals surface area contributed by atoms with E-state index in [2.05, 4.69) is 40.4 Å². The Bertz CT molecular complexity index is 1060. The van der Waals surface area contributed by atoms with Gasteiger partial charge in [-0.15, -0.1) is 0 Å². The van der Waals surface area contributed by atoms with Crippen LogP contribution in [0.3, 0.4) is 0 Å². The number of hydrogen-bond acceptors (Lipinski definition) is 7. The van der Waals surface area contributed by atoms with Gasteiger partial charge in [0.1, 0.15) is 11.5 Å². The number of rotatable bonds is 3. The van der Waals surface area contributed by atoms with Gasteiger partial charge in [-0.05, 0) is 31.2 Å². The summed E-state index contributed by atoms with van der Waals surface area (Å²) >= 11 is 0. The van der Waals surface area contributed by atoms with Crippen LogP contribution in [0.15, 0.2) is 42.7 Å². The van der Waals surface area contributed by atoms with E-state index in [9.17, 15) is 4.79 Å². The Hall–Kier alpha value is -3.75. The van der Waals surface area contributed by atoms with E-state index in [1.54, 1.807) is 43.6 Å². The number of carbonyl (C=O) groups is 1. The number of aryl methyl sites for hydroxylation is 1. The second-order valence-corrected chi connectivity index (χ2v) is 5.17. The summed E-state index contributed by atoms with van der Waals surface area (Å²) < 4.78 is 0. The molecule has 4 aromatic rings. The van der Waals surface area contributed by atoms with Crippen molar-refractivity contribution < 1.29 is 4.79 Å². The fraction of sp³-hybridized carbons (Fsp3) is 0.0625. The third kappa shape index (κ3) is 2.90. The van der Waals surface area contributed by atoms with E-state index in [4.69, 9.17) is 0 Å². The van der Waals surface area contributed by atoms with Crippen LogP contribution in [-0.2, 0) is 0 Å². The van der Waals surface area contributed by atoms with Crippen molar-refractivity contribution in [2.45, 2.75) is 6.92 Å². The number of hydrogen-bond donors (Lipinski definition) is 2. The first kappa shape index (κ1) is 14.8. The van der Waals surface area contributed by atoms with E-state index in [0.29, 0.717) is 28.4 Å². The van der Waals surface area contributed by atoms with Crippen molar-refractivity contribution in [3.63, 3.8) is 0 Å². The molecule has 0 radical (unpaired) electrons. The molecule has 0 aliphatic heterocycles. The standard InChI is InChI=1S/C16H12N8O/c1-9-19-14(11-6-2-3-7-17-11)21-16(20-9)22-15(25)12-10-5-4-8-18-13(10)24-23-12/h2-8H,1H3,(H,18,23,24)(H,19,20,21,22,25). The zero-order valence-electron chi connectivity index (χ0n) is 13.1. The monoisotopic (exact) mass is 332 g/mol. The predicted molar refractivity (Wildman–Crippen MR) is 89.6 cm³/mol. The van der Waals surface area contributed by atoms with E-state index >= 15 is 0 Å². The maximum atomic E-state index is 12.5. The molecule has 25 heavy (non-hydrogen) atoms. The molecule has 0 unspecified atom stereocenters. The number of carbonyl (C=O) groups excluding carboxylic acids is 1. The Morgan fingerprint density at radius 3 is 2.76 bits per heavy atom. The average molecular weight is 332 g/mol. The van der Waals surface area contributed by atoms with Crippen molar-refractivity contribution in [3.05, 3.63) is 54.2 Å². The van der Waals surface area contributed by atoms with Crippen LogP contribution in [0.4, 0.5) is 5.95 Å². The predicted octanol–water partition coefficient (Wildman–Crippen LogP) is 1.77. The maximum Gasteiger partial charge on any atom is 0.279 e. The Morgan fingerprint density at radius 1 is 1.04 bits per heavy atom. The molecule has 0 aromatic carbocycles. The molecule has 0 fully saturated rings. The molecular weight excluding hydrogens is 320 g/mol. The van der Waals surface area contributed by atoms with E-state index in [-0.39, 0.29) is 11.6 Å². The van der Waals surface area contributed by atoms with Gasteiger partial charge in [-0.1, -0.05) is 6.07 Å². The second-order valence-electron chi connectivity index (χ2n) is 5.17. The highest BCUT2D eigenvalue weighted by Crippen LogP contribution is 2.16. The van der Waals surface area contributed by atoms with E-state index in [1.165, 1.54) is 0 Å². The maximum absolute atomic E-state index is 12.5. The molecule has 0 saturated heterocycles. The Labute approximate surface area is 141 Å². The molecule has 1 amide bonds. The number of nitrogens with one attached hydrogen (secondary N) is 2. The minimum Gasteiger partial charge on any atom is -0.289 e. The number of fused-ring (bicyclic) bond motifs is 1. The highest BCUT2D eigenvalue weighted by Gasteiger charge is 2.17. The van der Waals surface area contributed by atoms with Crippen LogP contribution in [0.5, 0.6) is 0 Å². The summed E-state index contributed by atoms with van der Waals surface area (Å²) in [7, 11) is 0. The van der Waals surface area contributed by atoms with Crippen LogP contribution in [0.1, 0.15) is 16.3 Å². The molecule has 9 heteroatoms. The molecule has 0 aliphatic rings. The lowest BCUT2D eigenvalue weighted by Gasteiger charge is -2.05. The topological polar surface area (TPSA) is 122 Å². The van der Waals surface area contributed by atoms with E-state index < -0.39 is 5.91 Å². The van der Waals surface area contributed by atoms with Gasteiger partial charge in [0, 0.05) is 12.4 Å². The summed E-state index contributed by atoms with van der Waals surface area (Å²) in [5.41, 5.74) is 1.35. The molecule has 4 heterocycles.